The molecule has 0 bridgehead atoms. The Labute approximate surface area is 204 Å². The highest BCUT2D eigenvalue weighted by Crippen LogP contribution is 2.44. The predicted molar refractivity (Wildman–Crippen MR) is 130 cm³/mol. The Kier molecular flexibility index (Phi) is 7.51. The molecule has 3 atom stereocenters. The lowest BCUT2D eigenvalue weighted by Gasteiger charge is -2.22. The van der Waals surface area contributed by atoms with Crippen molar-refractivity contribution in [1.29, 1.82) is 0 Å². The van der Waals surface area contributed by atoms with Crippen LogP contribution < -0.4 is 10.6 Å². The van der Waals surface area contributed by atoms with Crippen LogP contribution in [0.15, 0.2) is 60.2 Å². The second-order valence-corrected chi connectivity index (χ2v) is 9.07. The van der Waals surface area contributed by atoms with E-state index < -0.39 is 36.2 Å². The van der Waals surface area contributed by atoms with Gasteiger partial charge in [-0.25, -0.2) is 9.59 Å². The lowest BCUT2D eigenvalue weighted by Crippen LogP contribution is -2.52. The van der Waals surface area contributed by atoms with E-state index >= 15 is 0 Å². The number of ether oxygens (including phenoxy) is 2. The zero-order valence-electron chi connectivity index (χ0n) is 19.8. The van der Waals surface area contributed by atoms with Crippen LogP contribution in [0.25, 0.3) is 11.1 Å². The van der Waals surface area contributed by atoms with E-state index in [-0.39, 0.29) is 25.6 Å². The number of rotatable bonds is 8. The van der Waals surface area contributed by atoms with E-state index in [4.69, 9.17) is 9.47 Å². The van der Waals surface area contributed by atoms with Gasteiger partial charge in [-0.1, -0.05) is 60.2 Å². The summed E-state index contributed by atoms with van der Waals surface area (Å²) < 4.78 is 10.8. The fourth-order valence-electron chi connectivity index (χ4n) is 4.63. The van der Waals surface area contributed by atoms with Gasteiger partial charge < -0.3 is 25.2 Å². The van der Waals surface area contributed by atoms with E-state index in [1.807, 2.05) is 56.3 Å². The molecule has 1 aliphatic carbocycles. The zero-order valence-corrected chi connectivity index (χ0v) is 19.8. The number of allylic oxidation sites excluding steroid dienone is 1. The summed E-state index contributed by atoms with van der Waals surface area (Å²) in [5, 5.41) is 14.7. The van der Waals surface area contributed by atoms with Crippen molar-refractivity contribution in [3.05, 3.63) is 71.3 Å². The second-order valence-electron chi connectivity index (χ2n) is 9.07. The summed E-state index contributed by atoms with van der Waals surface area (Å²) in [4.78, 5) is 37.1. The summed E-state index contributed by atoms with van der Waals surface area (Å²) >= 11 is 0. The van der Waals surface area contributed by atoms with E-state index in [0.717, 1.165) is 27.8 Å². The van der Waals surface area contributed by atoms with Gasteiger partial charge in [-0.2, -0.15) is 0 Å². The summed E-state index contributed by atoms with van der Waals surface area (Å²) in [6, 6.07) is 14.5. The van der Waals surface area contributed by atoms with E-state index in [1.54, 1.807) is 0 Å². The highest BCUT2D eigenvalue weighted by atomic mass is 16.5. The normalized spacial score (nSPS) is 19.3. The maximum atomic E-state index is 12.9. The number of fused-ring (bicyclic) bond motifs is 3. The van der Waals surface area contributed by atoms with Gasteiger partial charge >= 0.3 is 12.1 Å². The van der Waals surface area contributed by atoms with Crippen LogP contribution in [0.3, 0.4) is 0 Å². The summed E-state index contributed by atoms with van der Waals surface area (Å²) in [5.41, 5.74) is 5.45. The van der Waals surface area contributed by atoms with Gasteiger partial charge in [0.25, 0.3) is 0 Å². The Morgan fingerprint density at radius 1 is 1.09 bits per heavy atom. The van der Waals surface area contributed by atoms with Crippen LogP contribution in [0, 0.1) is 0 Å². The van der Waals surface area contributed by atoms with Crippen molar-refractivity contribution in [3.63, 3.8) is 0 Å². The van der Waals surface area contributed by atoms with Crippen LogP contribution in [0.4, 0.5) is 4.79 Å². The summed E-state index contributed by atoms with van der Waals surface area (Å²) in [5.74, 6) is -1.69. The number of carboxylic acids is 1. The fraction of sp³-hybridized carbons (Fsp3) is 0.370. The van der Waals surface area contributed by atoms with Gasteiger partial charge in [-0.15, -0.1) is 0 Å². The average molecular weight is 479 g/mol. The summed E-state index contributed by atoms with van der Waals surface area (Å²) in [6.45, 7) is 4.18. The molecule has 8 nitrogen and oxygen atoms in total. The first kappa shape index (κ1) is 24.5. The first-order chi connectivity index (χ1) is 16.8. The quantitative estimate of drug-likeness (QED) is 0.500. The van der Waals surface area contributed by atoms with E-state index in [2.05, 4.69) is 22.8 Å². The Morgan fingerprint density at radius 3 is 2.31 bits per heavy atom. The molecule has 8 heteroatoms. The van der Waals surface area contributed by atoms with Gasteiger partial charge in [0.05, 0.1) is 6.04 Å². The number of benzene rings is 2. The minimum absolute atomic E-state index is 0.0924. The van der Waals surface area contributed by atoms with Crippen LogP contribution >= 0.6 is 0 Å². The molecule has 1 heterocycles. The molecule has 0 radical (unpaired) electrons. The fourth-order valence-corrected chi connectivity index (χ4v) is 4.63. The third-order valence-electron chi connectivity index (χ3n) is 6.38. The molecule has 3 N–H and O–H groups in total. The van der Waals surface area contributed by atoms with Crippen LogP contribution in [0.5, 0.6) is 0 Å². The Balaban J connectivity index is 1.42. The van der Waals surface area contributed by atoms with Crippen molar-refractivity contribution < 1.29 is 29.0 Å². The molecule has 0 spiro atoms. The standard InChI is InChI=1S/C27H30N2O6/c1-16(2)11-12-23(25(30)28-22-13-14-34-24(22)26(31)32)29-27(33)35-15-21-19-9-5-3-7-17(19)18-8-4-6-10-20(18)21/h3-11,21-24H,12-15H2,1-2H3,(H,28,30)(H,29,33)(H,31,32)/t22-,23?,24+/m0/s1. The van der Waals surface area contributed by atoms with Crippen LogP contribution in [-0.2, 0) is 19.1 Å². The molecule has 1 saturated heterocycles. The van der Waals surface area contributed by atoms with Gasteiger partial charge in [-0.05, 0) is 48.9 Å². The highest BCUT2D eigenvalue weighted by molar-refractivity contribution is 5.87. The van der Waals surface area contributed by atoms with Crippen molar-refractivity contribution in [3.8, 4) is 11.1 Å². The number of hydrogen-bond donors (Lipinski definition) is 3. The lowest BCUT2D eigenvalue weighted by molar-refractivity contribution is -0.148. The van der Waals surface area contributed by atoms with E-state index in [1.165, 1.54) is 0 Å². The van der Waals surface area contributed by atoms with Crippen LogP contribution in [0.2, 0.25) is 0 Å². The highest BCUT2D eigenvalue weighted by Gasteiger charge is 2.37. The first-order valence-electron chi connectivity index (χ1n) is 11.7. The van der Waals surface area contributed by atoms with Gasteiger partial charge in [0, 0.05) is 12.5 Å². The average Bonchev–Trinajstić information content (AvgIpc) is 3.43. The maximum absolute atomic E-state index is 12.9. The Bertz CT molecular complexity index is 1090. The number of hydrogen-bond acceptors (Lipinski definition) is 5. The predicted octanol–water partition coefficient (Wildman–Crippen LogP) is 3.61. The molecular weight excluding hydrogens is 448 g/mol. The second kappa shape index (κ2) is 10.7. The molecule has 184 valence electrons. The zero-order chi connectivity index (χ0) is 24.9. The molecule has 4 rings (SSSR count). The molecule has 0 saturated carbocycles. The minimum atomic E-state index is -1.13. The number of carbonyl (C=O) groups excluding carboxylic acids is 2. The van der Waals surface area contributed by atoms with Crippen molar-refractivity contribution >= 4 is 18.0 Å². The van der Waals surface area contributed by atoms with Gasteiger partial charge in [0.15, 0.2) is 6.10 Å². The third-order valence-corrected chi connectivity index (χ3v) is 6.38. The molecule has 1 aliphatic heterocycles. The monoisotopic (exact) mass is 478 g/mol. The SMILES string of the molecule is CC(C)=CCC(NC(=O)OCC1c2ccccc2-c2ccccc21)C(=O)N[C@H]1CCO[C@H]1C(=O)O. The van der Waals surface area contributed by atoms with Gasteiger partial charge in [0.2, 0.25) is 5.91 Å². The third kappa shape index (κ3) is 5.54. The smallest absolute Gasteiger partial charge is 0.407 e. The molecule has 2 aliphatic rings. The molecule has 2 aromatic rings. The van der Waals surface area contributed by atoms with Crippen molar-refractivity contribution in [2.45, 2.75) is 50.8 Å². The first-order valence-corrected chi connectivity index (χ1v) is 11.7. The maximum Gasteiger partial charge on any atom is 0.407 e. The molecule has 2 aromatic carbocycles. The minimum Gasteiger partial charge on any atom is -0.479 e. The molecule has 0 aromatic heterocycles. The molecule has 1 unspecified atom stereocenters. The van der Waals surface area contributed by atoms with Gasteiger partial charge in [-0.3, -0.25) is 4.79 Å². The molecule has 2 amide bonds. The summed E-state index contributed by atoms with van der Waals surface area (Å²) in [6.07, 6.45) is 0.685. The largest absolute Gasteiger partial charge is 0.479 e. The van der Waals surface area contributed by atoms with E-state index in [9.17, 15) is 19.5 Å². The Hall–Kier alpha value is -3.65. The number of nitrogens with one attached hydrogen (secondary N) is 2. The van der Waals surface area contributed by atoms with Crippen molar-refractivity contribution in [2.24, 2.45) is 0 Å². The van der Waals surface area contributed by atoms with Crippen molar-refractivity contribution in [2.75, 3.05) is 13.2 Å². The molecular formula is C27H30N2O6. The van der Waals surface area contributed by atoms with Gasteiger partial charge in [0.1, 0.15) is 12.6 Å². The number of alkyl carbamates (subject to hydrolysis) is 1. The van der Waals surface area contributed by atoms with E-state index in [0.29, 0.717) is 6.42 Å². The van der Waals surface area contributed by atoms with Crippen LogP contribution in [-0.4, -0.2) is 54.5 Å². The number of carboxylic acid groups (broad SMARTS) is 1. The van der Waals surface area contributed by atoms with Crippen molar-refractivity contribution in [1.82, 2.24) is 10.6 Å². The number of aliphatic carboxylic acids is 1. The number of amides is 2. The molecule has 35 heavy (non-hydrogen) atoms. The number of carbonyl (C=O) groups is 3. The molecule has 1 fully saturated rings. The Morgan fingerprint density at radius 2 is 1.71 bits per heavy atom. The topological polar surface area (TPSA) is 114 Å². The summed E-state index contributed by atoms with van der Waals surface area (Å²) in [7, 11) is 0. The van der Waals surface area contributed by atoms with Crippen LogP contribution in [0.1, 0.15) is 43.7 Å². The lowest BCUT2D eigenvalue weighted by atomic mass is 9.98.